The molecule has 1 aliphatic rings. The molecule has 1 unspecified atom stereocenters. The van der Waals surface area contributed by atoms with Gasteiger partial charge in [0, 0.05) is 0 Å². The summed E-state index contributed by atoms with van der Waals surface area (Å²) in [6.45, 7) is 9.63. The van der Waals surface area contributed by atoms with Gasteiger partial charge in [0.05, 0.1) is 0 Å². The van der Waals surface area contributed by atoms with E-state index in [0.717, 1.165) is 5.57 Å². The zero-order chi connectivity index (χ0) is 7.78. The van der Waals surface area contributed by atoms with Crippen LogP contribution in [0.25, 0.3) is 0 Å². The van der Waals surface area contributed by atoms with Crippen LogP contribution in [-0.2, 0) is 4.74 Å². The van der Waals surface area contributed by atoms with E-state index in [2.05, 4.69) is 18.4 Å². The van der Waals surface area contributed by atoms with E-state index in [4.69, 9.17) is 4.74 Å². The summed E-state index contributed by atoms with van der Waals surface area (Å²) in [6, 6.07) is 0. The van der Waals surface area contributed by atoms with Crippen molar-refractivity contribution in [3.63, 3.8) is 0 Å². The molecule has 1 rings (SSSR count). The lowest BCUT2D eigenvalue weighted by molar-refractivity contribution is 0.335. The van der Waals surface area contributed by atoms with Gasteiger partial charge in [0.1, 0.15) is 11.7 Å². The molecule has 0 N–H and O–H groups in total. The summed E-state index contributed by atoms with van der Waals surface area (Å²) in [6.07, 6.45) is 0.129. The van der Waals surface area contributed by atoms with Gasteiger partial charge in [-0.1, -0.05) is 18.4 Å². The zero-order valence-electron chi connectivity index (χ0n) is 6.69. The van der Waals surface area contributed by atoms with E-state index < -0.39 is 0 Å². The molecule has 0 aromatic carbocycles. The third kappa shape index (κ3) is 1.62. The minimum absolute atomic E-state index is 0.0115. The molecule has 0 aromatic rings. The summed E-state index contributed by atoms with van der Waals surface area (Å²) in [5.41, 5.74) is 0.883. The minimum Gasteiger partial charge on any atom is -0.353 e. The van der Waals surface area contributed by atoms with Crippen LogP contribution in [0.4, 0.5) is 0 Å². The van der Waals surface area contributed by atoms with E-state index in [1.165, 1.54) is 0 Å². The number of hydrogen-bond donors (Lipinski definition) is 0. The molecule has 0 aliphatic carbocycles. The first-order valence-electron chi connectivity index (χ1n) is 3.37. The van der Waals surface area contributed by atoms with Crippen molar-refractivity contribution in [1.82, 2.24) is 0 Å². The van der Waals surface area contributed by atoms with E-state index >= 15 is 0 Å². The average Bonchev–Trinajstić information content (AvgIpc) is 2.35. The van der Waals surface area contributed by atoms with E-state index in [9.17, 15) is 0 Å². The third-order valence-electron chi connectivity index (χ3n) is 1.41. The Bertz CT molecular complexity index is 215. The number of rotatable bonds is 0. The molecule has 0 saturated carbocycles. The Morgan fingerprint density at radius 1 is 1.60 bits per heavy atom. The van der Waals surface area contributed by atoms with E-state index in [0.29, 0.717) is 0 Å². The molecule has 1 fully saturated rings. The fourth-order valence-corrected chi connectivity index (χ4v) is 0.662. The normalized spacial score (nSPS) is 26.5. The summed E-state index contributed by atoms with van der Waals surface area (Å²) in [5, 5.41) is 0. The molecule has 0 aromatic heterocycles. The zero-order valence-corrected chi connectivity index (χ0v) is 6.69. The SMILES string of the molecule is C=C(C)C#CC1OC1(C)C. The average molecular weight is 136 g/mol. The third-order valence-corrected chi connectivity index (χ3v) is 1.41. The Balaban J connectivity index is 2.46. The molecule has 0 spiro atoms. The molecule has 1 heteroatoms. The van der Waals surface area contributed by atoms with Gasteiger partial charge >= 0.3 is 0 Å². The van der Waals surface area contributed by atoms with Crippen molar-refractivity contribution in [1.29, 1.82) is 0 Å². The lowest BCUT2D eigenvalue weighted by atomic mass is 10.1. The maximum atomic E-state index is 5.24. The standard InChI is InChI=1S/C9H12O/c1-7(2)5-6-8-9(3,4)10-8/h8H,1H2,2-4H3. The van der Waals surface area contributed by atoms with Crippen molar-refractivity contribution < 1.29 is 4.74 Å². The van der Waals surface area contributed by atoms with E-state index in [-0.39, 0.29) is 11.7 Å². The monoisotopic (exact) mass is 136 g/mol. The lowest BCUT2D eigenvalue weighted by Gasteiger charge is -1.85. The molecule has 1 saturated heterocycles. The van der Waals surface area contributed by atoms with E-state index in [1.54, 1.807) is 0 Å². The number of hydrogen-bond acceptors (Lipinski definition) is 1. The van der Waals surface area contributed by atoms with Gasteiger partial charge in [0.25, 0.3) is 0 Å². The molecule has 0 radical (unpaired) electrons. The summed E-state index contributed by atoms with van der Waals surface area (Å²) in [7, 11) is 0. The van der Waals surface area contributed by atoms with Crippen molar-refractivity contribution in [2.45, 2.75) is 32.5 Å². The first kappa shape index (κ1) is 7.37. The van der Waals surface area contributed by atoms with Crippen LogP contribution in [0.3, 0.4) is 0 Å². The van der Waals surface area contributed by atoms with Gasteiger partial charge in [-0.05, 0) is 26.3 Å². The molecular weight excluding hydrogens is 124 g/mol. The van der Waals surface area contributed by atoms with Crippen LogP contribution in [0.15, 0.2) is 12.2 Å². The number of ether oxygens (including phenoxy) is 1. The Kier molecular flexibility index (Phi) is 1.58. The highest BCUT2D eigenvalue weighted by atomic mass is 16.6. The molecule has 1 nitrogen and oxygen atoms in total. The molecule has 1 aliphatic heterocycles. The van der Waals surface area contributed by atoms with Crippen LogP contribution in [0.2, 0.25) is 0 Å². The fraction of sp³-hybridized carbons (Fsp3) is 0.556. The molecule has 1 heterocycles. The fourth-order valence-electron chi connectivity index (χ4n) is 0.662. The number of epoxide rings is 1. The smallest absolute Gasteiger partial charge is 0.147 e. The van der Waals surface area contributed by atoms with Crippen LogP contribution >= 0.6 is 0 Å². The Morgan fingerprint density at radius 3 is 2.40 bits per heavy atom. The van der Waals surface area contributed by atoms with Crippen molar-refractivity contribution in [3.05, 3.63) is 12.2 Å². The molecule has 0 amide bonds. The Hall–Kier alpha value is -0.740. The Labute approximate surface area is 62.1 Å². The minimum atomic E-state index is -0.0115. The lowest BCUT2D eigenvalue weighted by Crippen LogP contribution is -1.99. The highest BCUT2D eigenvalue weighted by Gasteiger charge is 2.46. The first-order valence-corrected chi connectivity index (χ1v) is 3.37. The highest BCUT2D eigenvalue weighted by Crippen LogP contribution is 2.34. The van der Waals surface area contributed by atoms with Gasteiger partial charge in [-0.3, -0.25) is 0 Å². The highest BCUT2D eigenvalue weighted by molar-refractivity contribution is 5.29. The largest absolute Gasteiger partial charge is 0.353 e. The Morgan fingerprint density at radius 2 is 2.10 bits per heavy atom. The first-order chi connectivity index (χ1) is 4.52. The van der Waals surface area contributed by atoms with Gasteiger partial charge in [0.2, 0.25) is 0 Å². The maximum Gasteiger partial charge on any atom is 0.147 e. The van der Waals surface area contributed by atoms with Crippen LogP contribution in [-0.4, -0.2) is 11.7 Å². The van der Waals surface area contributed by atoms with E-state index in [1.807, 2.05) is 20.8 Å². The maximum absolute atomic E-state index is 5.24. The van der Waals surface area contributed by atoms with Gasteiger partial charge < -0.3 is 4.74 Å². The van der Waals surface area contributed by atoms with Crippen LogP contribution in [0.1, 0.15) is 20.8 Å². The second-order valence-electron chi connectivity index (χ2n) is 3.15. The van der Waals surface area contributed by atoms with Crippen molar-refractivity contribution in [2.75, 3.05) is 0 Å². The van der Waals surface area contributed by atoms with Gasteiger partial charge in [-0.25, -0.2) is 0 Å². The van der Waals surface area contributed by atoms with Crippen LogP contribution < -0.4 is 0 Å². The second kappa shape index (κ2) is 2.14. The summed E-state index contributed by atoms with van der Waals surface area (Å²) >= 11 is 0. The van der Waals surface area contributed by atoms with Gasteiger partial charge in [-0.15, -0.1) is 0 Å². The van der Waals surface area contributed by atoms with Gasteiger partial charge in [-0.2, -0.15) is 0 Å². The quantitative estimate of drug-likeness (QED) is 0.365. The van der Waals surface area contributed by atoms with Crippen LogP contribution in [0.5, 0.6) is 0 Å². The summed E-state index contributed by atoms with van der Waals surface area (Å²) in [4.78, 5) is 0. The predicted octanol–water partition coefficient (Wildman–Crippen LogP) is 1.74. The molecule has 10 heavy (non-hydrogen) atoms. The number of allylic oxidation sites excluding steroid dienone is 1. The summed E-state index contributed by atoms with van der Waals surface area (Å²) in [5.74, 6) is 5.87. The molecule has 1 atom stereocenters. The summed E-state index contributed by atoms with van der Waals surface area (Å²) < 4.78 is 5.24. The van der Waals surface area contributed by atoms with Crippen molar-refractivity contribution in [2.24, 2.45) is 0 Å². The second-order valence-corrected chi connectivity index (χ2v) is 3.15. The topological polar surface area (TPSA) is 12.5 Å². The van der Waals surface area contributed by atoms with Gasteiger partial charge in [0.15, 0.2) is 0 Å². The van der Waals surface area contributed by atoms with Crippen LogP contribution in [0, 0.1) is 11.8 Å². The molecule has 0 bridgehead atoms. The molecular formula is C9H12O. The molecule has 54 valence electrons. The van der Waals surface area contributed by atoms with Crippen molar-refractivity contribution in [3.8, 4) is 11.8 Å². The van der Waals surface area contributed by atoms with Crippen molar-refractivity contribution >= 4 is 0 Å². The predicted molar refractivity (Wildman–Crippen MR) is 41.5 cm³/mol.